The van der Waals surface area contributed by atoms with Gasteiger partial charge < -0.3 is 18.1 Å². The Kier molecular flexibility index (Phi) is 8.26. The number of fused-ring (bicyclic) bond motifs is 12. The van der Waals surface area contributed by atoms with Crippen LogP contribution >= 0.6 is 0 Å². The Morgan fingerprint density at radius 1 is 0.286 bits per heavy atom. The minimum absolute atomic E-state index is 0.668. The molecule has 0 unspecified atom stereocenters. The van der Waals surface area contributed by atoms with Gasteiger partial charge in [-0.3, -0.25) is 0 Å². The van der Waals surface area contributed by atoms with Crippen molar-refractivity contribution < 1.29 is 4.42 Å². The fraction of sp³-hybridized carbons (Fsp3) is 0. The normalized spacial score (nSPS) is 12.0. The van der Waals surface area contributed by atoms with Gasteiger partial charge in [0.15, 0.2) is 5.58 Å². The number of aromatic nitrogens is 5. The lowest BCUT2D eigenvalue weighted by molar-refractivity contribution is 0.667. The molecule has 5 aromatic heterocycles. The first-order valence-corrected chi connectivity index (χ1v) is 23.7. The van der Waals surface area contributed by atoms with E-state index in [1.807, 2.05) is 0 Å². The molecular formula is C64H39N5O. The number of hydrogen-bond acceptors (Lipinski definition) is 3. The predicted octanol–water partition coefficient (Wildman–Crippen LogP) is 16.7. The lowest BCUT2D eigenvalue weighted by Gasteiger charge is -2.11. The molecule has 0 saturated heterocycles. The molecule has 0 fully saturated rings. The smallest absolute Gasteiger partial charge is 0.180 e. The summed E-state index contributed by atoms with van der Waals surface area (Å²) >= 11 is 0. The summed E-state index contributed by atoms with van der Waals surface area (Å²) in [5, 5.41) is 8.32. The SMILES string of the molecule is c1ccc(-n2c3ccccc3c3cc(-c4ccc5c(c4)c4ccccc4n5-c4cccc(-c5ncnc6c5oc5ccc(-c7cccc(-n8c9ccccc9c9ccccc98)c7)cc56)c4)ccc32)cc1. The largest absolute Gasteiger partial charge is 0.452 e. The van der Waals surface area contributed by atoms with Crippen LogP contribution in [0.3, 0.4) is 0 Å². The Morgan fingerprint density at radius 3 is 1.27 bits per heavy atom. The highest BCUT2D eigenvalue weighted by Crippen LogP contribution is 2.41. The minimum Gasteiger partial charge on any atom is -0.452 e. The second-order valence-electron chi connectivity index (χ2n) is 18.2. The third-order valence-corrected chi connectivity index (χ3v) is 14.3. The quantitative estimate of drug-likeness (QED) is 0.167. The maximum absolute atomic E-state index is 6.67. The molecule has 0 amide bonds. The van der Waals surface area contributed by atoms with E-state index in [0.29, 0.717) is 5.58 Å². The summed E-state index contributed by atoms with van der Waals surface area (Å²) in [7, 11) is 0. The molecule has 0 spiro atoms. The molecule has 6 heteroatoms. The minimum atomic E-state index is 0.668. The van der Waals surface area contributed by atoms with E-state index in [1.165, 1.54) is 65.5 Å². The average molecular weight is 894 g/mol. The first-order valence-electron chi connectivity index (χ1n) is 23.7. The van der Waals surface area contributed by atoms with Gasteiger partial charge >= 0.3 is 0 Å². The monoisotopic (exact) mass is 893 g/mol. The molecule has 0 aliphatic heterocycles. The van der Waals surface area contributed by atoms with E-state index in [-0.39, 0.29) is 0 Å². The van der Waals surface area contributed by atoms with Crippen LogP contribution in [0.4, 0.5) is 0 Å². The van der Waals surface area contributed by atoms with E-state index in [2.05, 4.69) is 244 Å². The highest BCUT2D eigenvalue weighted by molar-refractivity contribution is 6.14. The number of furan rings is 1. The van der Waals surface area contributed by atoms with Crippen LogP contribution in [0.25, 0.3) is 138 Å². The fourth-order valence-corrected chi connectivity index (χ4v) is 11.2. The Morgan fingerprint density at radius 2 is 0.700 bits per heavy atom. The summed E-state index contributed by atoms with van der Waals surface area (Å²) < 4.78 is 13.8. The zero-order valence-corrected chi connectivity index (χ0v) is 37.7. The molecule has 0 bridgehead atoms. The second-order valence-corrected chi connectivity index (χ2v) is 18.2. The van der Waals surface area contributed by atoms with Crippen LogP contribution in [0, 0.1) is 0 Å². The second kappa shape index (κ2) is 15.0. The van der Waals surface area contributed by atoms with Crippen molar-refractivity contribution in [1.29, 1.82) is 0 Å². The summed E-state index contributed by atoms with van der Waals surface area (Å²) in [6, 6.07) is 82.9. The number of hydrogen-bond donors (Lipinski definition) is 0. The van der Waals surface area contributed by atoms with E-state index in [4.69, 9.17) is 14.4 Å². The van der Waals surface area contributed by atoms with Gasteiger partial charge in [-0.15, -0.1) is 0 Å². The first kappa shape index (κ1) is 38.6. The topological polar surface area (TPSA) is 53.7 Å². The number of para-hydroxylation sites is 5. The molecule has 15 rings (SSSR count). The van der Waals surface area contributed by atoms with Crippen molar-refractivity contribution in [3.05, 3.63) is 237 Å². The molecule has 0 aliphatic rings. The zero-order chi connectivity index (χ0) is 45.9. The van der Waals surface area contributed by atoms with E-state index in [1.54, 1.807) is 6.33 Å². The summed E-state index contributed by atoms with van der Waals surface area (Å²) in [6.45, 7) is 0. The van der Waals surface area contributed by atoms with Gasteiger partial charge in [0, 0.05) is 60.3 Å². The maximum Gasteiger partial charge on any atom is 0.180 e. The molecule has 0 saturated carbocycles. The van der Waals surface area contributed by atoms with Crippen molar-refractivity contribution in [2.45, 2.75) is 0 Å². The maximum atomic E-state index is 6.67. The Hall–Kier alpha value is -9.52. The van der Waals surface area contributed by atoms with Crippen molar-refractivity contribution >= 4 is 87.5 Å². The van der Waals surface area contributed by atoms with Gasteiger partial charge in [0.05, 0.1) is 33.1 Å². The molecule has 6 nitrogen and oxygen atoms in total. The predicted molar refractivity (Wildman–Crippen MR) is 289 cm³/mol. The lowest BCUT2D eigenvalue weighted by Crippen LogP contribution is -1.95. The van der Waals surface area contributed by atoms with Crippen LogP contribution in [0.1, 0.15) is 0 Å². The highest BCUT2D eigenvalue weighted by atomic mass is 16.3. The van der Waals surface area contributed by atoms with Gasteiger partial charge in [-0.05, 0) is 119 Å². The molecule has 326 valence electrons. The summed E-state index contributed by atoms with van der Waals surface area (Å²) in [4.78, 5) is 9.71. The van der Waals surface area contributed by atoms with Crippen LogP contribution in [0.5, 0.6) is 0 Å². The molecule has 0 radical (unpaired) electrons. The van der Waals surface area contributed by atoms with Gasteiger partial charge in [0.2, 0.25) is 0 Å². The molecule has 15 aromatic rings. The van der Waals surface area contributed by atoms with Crippen LogP contribution in [0.15, 0.2) is 241 Å². The van der Waals surface area contributed by atoms with Crippen molar-refractivity contribution in [2.75, 3.05) is 0 Å². The first-order chi connectivity index (χ1) is 34.7. The number of benzene rings is 10. The fourth-order valence-electron chi connectivity index (χ4n) is 11.2. The highest BCUT2D eigenvalue weighted by Gasteiger charge is 2.20. The van der Waals surface area contributed by atoms with E-state index >= 15 is 0 Å². The summed E-state index contributed by atoms with van der Waals surface area (Å²) in [5.41, 5.74) is 18.9. The van der Waals surface area contributed by atoms with E-state index in [0.717, 1.165) is 67.0 Å². The lowest BCUT2D eigenvalue weighted by atomic mass is 10.0. The van der Waals surface area contributed by atoms with E-state index in [9.17, 15) is 0 Å². The molecular weight excluding hydrogens is 855 g/mol. The zero-order valence-electron chi connectivity index (χ0n) is 37.7. The standard InChI is InChI=1S/C64H39N5O/c1-2-16-45(17-3-1)67-57-26-10-6-22-50(57)52-36-41(28-31-59(52)67)42-29-32-60-53(37-42)51-23-7-11-27-58(51)69(60)47-19-13-15-44(35-47)62-64-63(66-39-65-62)54-38-43(30-33-61(54)70-64)40-14-12-18-46(34-40)68-55-24-8-4-20-48(55)49-21-5-9-25-56(49)68/h1-39H. The number of rotatable bonds is 6. The third kappa shape index (κ3) is 5.74. The van der Waals surface area contributed by atoms with Crippen LogP contribution in [-0.2, 0) is 0 Å². The third-order valence-electron chi connectivity index (χ3n) is 14.3. The van der Waals surface area contributed by atoms with E-state index < -0.39 is 0 Å². The molecule has 70 heavy (non-hydrogen) atoms. The average Bonchev–Trinajstić information content (AvgIpc) is 4.17. The van der Waals surface area contributed by atoms with Crippen molar-refractivity contribution in [2.24, 2.45) is 0 Å². The van der Waals surface area contributed by atoms with Gasteiger partial charge in [0.25, 0.3) is 0 Å². The van der Waals surface area contributed by atoms with Gasteiger partial charge in [-0.1, -0.05) is 133 Å². The molecule has 10 aromatic carbocycles. The Labute approximate surface area is 401 Å². The molecule has 0 atom stereocenters. The Bertz CT molecular complexity index is 4550. The van der Waals surface area contributed by atoms with Gasteiger partial charge in [-0.2, -0.15) is 0 Å². The van der Waals surface area contributed by atoms with Crippen molar-refractivity contribution in [1.82, 2.24) is 23.7 Å². The van der Waals surface area contributed by atoms with Crippen LogP contribution < -0.4 is 0 Å². The summed E-state index contributed by atoms with van der Waals surface area (Å²) in [6.07, 6.45) is 1.66. The van der Waals surface area contributed by atoms with Crippen LogP contribution in [0.2, 0.25) is 0 Å². The Balaban J connectivity index is 0.812. The molecule has 5 heterocycles. The number of nitrogens with zero attached hydrogens (tertiary/aromatic N) is 5. The van der Waals surface area contributed by atoms with Crippen molar-refractivity contribution in [3.63, 3.8) is 0 Å². The van der Waals surface area contributed by atoms with Gasteiger partial charge in [-0.25, -0.2) is 9.97 Å². The van der Waals surface area contributed by atoms with Crippen LogP contribution in [-0.4, -0.2) is 23.7 Å². The molecule has 0 aliphatic carbocycles. The van der Waals surface area contributed by atoms with Gasteiger partial charge in [0.1, 0.15) is 23.1 Å². The summed E-state index contributed by atoms with van der Waals surface area (Å²) in [5.74, 6) is 0. The molecule has 0 N–H and O–H groups in total. The van der Waals surface area contributed by atoms with Crippen molar-refractivity contribution in [3.8, 4) is 50.6 Å².